The predicted molar refractivity (Wildman–Crippen MR) is 99.4 cm³/mol. The summed E-state index contributed by atoms with van der Waals surface area (Å²) in [6, 6.07) is 15.3. The van der Waals surface area contributed by atoms with E-state index >= 15 is 0 Å². The Labute approximate surface area is 153 Å². The van der Waals surface area contributed by atoms with Gasteiger partial charge < -0.3 is 15.1 Å². The van der Waals surface area contributed by atoms with Crippen molar-refractivity contribution in [2.75, 3.05) is 13.1 Å². The Kier molecular flexibility index (Phi) is 6.52. The molecule has 2 aromatic carbocycles. The van der Waals surface area contributed by atoms with Crippen molar-refractivity contribution in [1.29, 1.82) is 0 Å². The van der Waals surface area contributed by atoms with Crippen molar-refractivity contribution in [2.45, 2.75) is 18.4 Å². The Morgan fingerprint density at radius 3 is 2.12 bits per heavy atom. The zero-order valence-corrected chi connectivity index (χ0v) is 14.6. The molecule has 0 aromatic heterocycles. The van der Waals surface area contributed by atoms with Crippen molar-refractivity contribution in [2.24, 2.45) is 5.92 Å². The highest BCUT2D eigenvalue weighted by molar-refractivity contribution is 5.65. The summed E-state index contributed by atoms with van der Waals surface area (Å²) in [5.41, 5.74) is -0.606. The molecule has 1 heterocycles. The van der Waals surface area contributed by atoms with Gasteiger partial charge >= 0.3 is 6.09 Å². The van der Waals surface area contributed by atoms with Gasteiger partial charge in [-0.2, -0.15) is 0 Å². The van der Waals surface area contributed by atoms with Gasteiger partial charge in [0.2, 0.25) is 0 Å². The number of carbonyl (C=O) groups is 1. The van der Waals surface area contributed by atoms with E-state index in [9.17, 15) is 14.3 Å². The molecule has 138 valence electrons. The summed E-state index contributed by atoms with van der Waals surface area (Å²) in [6.07, 6.45) is 0.000473. The van der Waals surface area contributed by atoms with Gasteiger partial charge in [0.15, 0.2) is 0 Å². The summed E-state index contributed by atoms with van der Waals surface area (Å²) in [5, 5.41) is 20.7. The lowest BCUT2D eigenvalue weighted by Gasteiger charge is -2.41. The maximum atomic E-state index is 14.5. The predicted octanol–water partition coefficient (Wildman–Crippen LogP) is 4.25. The highest BCUT2D eigenvalue weighted by atomic mass is 19.1. The van der Waals surface area contributed by atoms with Crippen LogP contribution in [-0.4, -0.2) is 34.3 Å². The molecule has 0 saturated carbocycles. The number of halogens is 1. The Morgan fingerprint density at radius 2 is 1.58 bits per heavy atom. The molecule has 1 aliphatic heterocycles. The van der Waals surface area contributed by atoms with Gasteiger partial charge in [0, 0.05) is 18.7 Å². The highest BCUT2D eigenvalue weighted by Gasteiger charge is 2.43. The molecule has 1 aliphatic rings. The summed E-state index contributed by atoms with van der Waals surface area (Å²) in [7, 11) is 0. The van der Waals surface area contributed by atoms with Gasteiger partial charge in [-0.15, -0.1) is 13.2 Å². The number of amides is 1. The van der Waals surface area contributed by atoms with E-state index in [4.69, 9.17) is 5.11 Å². The van der Waals surface area contributed by atoms with Crippen molar-refractivity contribution in [1.82, 2.24) is 4.90 Å². The third-order valence-electron chi connectivity index (χ3n) is 4.85. The molecule has 2 N–H and O–H groups in total. The number of nitrogens with zero attached hydrogens (tertiary/aromatic N) is 1. The van der Waals surface area contributed by atoms with Crippen LogP contribution >= 0.6 is 0 Å². The second-order valence-corrected chi connectivity index (χ2v) is 6.16. The summed E-state index contributed by atoms with van der Waals surface area (Å²) < 4.78 is 14.5. The molecule has 1 unspecified atom stereocenters. The van der Waals surface area contributed by atoms with Crippen LogP contribution in [0.2, 0.25) is 0 Å². The Bertz CT molecular complexity index is 729. The second-order valence-electron chi connectivity index (χ2n) is 6.16. The van der Waals surface area contributed by atoms with Gasteiger partial charge in [0.25, 0.3) is 0 Å². The third kappa shape index (κ3) is 3.78. The molecule has 2 aromatic rings. The average Bonchev–Trinajstić information content (AvgIpc) is 2.70. The Morgan fingerprint density at radius 1 is 1.04 bits per heavy atom. The van der Waals surface area contributed by atoms with E-state index in [-0.39, 0.29) is 11.5 Å². The number of carboxylic acid groups (broad SMARTS) is 1. The highest BCUT2D eigenvalue weighted by Crippen LogP contribution is 2.42. The van der Waals surface area contributed by atoms with E-state index in [1.54, 1.807) is 30.3 Å². The molecule has 26 heavy (non-hydrogen) atoms. The molecule has 1 atom stereocenters. The molecule has 4 nitrogen and oxygen atoms in total. The summed E-state index contributed by atoms with van der Waals surface area (Å²) in [4.78, 5) is 12.4. The molecular formula is C21H24FNO3. The number of rotatable bonds is 3. The van der Waals surface area contributed by atoms with E-state index in [1.807, 2.05) is 18.2 Å². The van der Waals surface area contributed by atoms with Crippen LogP contribution in [0.5, 0.6) is 0 Å². The fourth-order valence-corrected chi connectivity index (χ4v) is 3.56. The van der Waals surface area contributed by atoms with Gasteiger partial charge in [-0.05, 0) is 30.4 Å². The first kappa shape index (κ1) is 19.7. The van der Waals surface area contributed by atoms with Crippen molar-refractivity contribution in [3.05, 3.63) is 84.7 Å². The largest absolute Gasteiger partial charge is 0.465 e. The fraction of sp³-hybridized carbons (Fsp3) is 0.286. The molecule has 3 rings (SSSR count). The van der Waals surface area contributed by atoms with E-state index < -0.39 is 17.5 Å². The summed E-state index contributed by atoms with van der Waals surface area (Å²) in [6.45, 7) is 6.67. The molecule has 1 saturated heterocycles. The van der Waals surface area contributed by atoms with E-state index in [0.29, 0.717) is 31.5 Å². The van der Waals surface area contributed by atoms with Crippen molar-refractivity contribution in [3.63, 3.8) is 0 Å². The maximum Gasteiger partial charge on any atom is 0.407 e. The number of aliphatic hydroxyl groups is 1. The van der Waals surface area contributed by atoms with Crippen LogP contribution < -0.4 is 0 Å². The molecular weight excluding hydrogens is 333 g/mol. The molecule has 0 radical (unpaired) electrons. The number of likely N-dealkylation sites (tertiary alicyclic amines) is 1. The summed E-state index contributed by atoms with van der Waals surface area (Å²) >= 11 is 0. The molecule has 1 fully saturated rings. The minimum absolute atomic E-state index is 0.241. The van der Waals surface area contributed by atoms with Crippen LogP contribution in [0.25, 0.3) is 0 Å². The lowest BCUT2D eigenvalue weighted by Crippen LogP contribution is -2.46. The van der Waals surface area contributed by atoms with Gasteiger partial charge in [0.05, 0.1) is 0 Å². The van der Waals surface area contributed by atoms with Crippen molar-refractivity contribution < 1.29 is 19.4 Å². The minimum atomic E-state index is -1.48. The van der Waals surface area contributed by atoms with Gasteiger partial charge in [-0.25, -0.2) is 9.18 Å². The molecule has 0 spiro atoms. The van der Waals surface area contributed by atoms with Crippen LogP contribution in [0.3, 0.4) is 0 Å². The molecule has 0 bridgehead atoms. The Balaban J connectivity index is 0.00000117. The lowest BCUT2D eigenvalue weighted by molar-refractivity contribution is -0.0146. The summed E-state index contributed by atoms with van der Waals surface area (Å²) in [5.74, 6) is -0.711. The molecule has 1 amide bonds. The average molecular weight is 357 g/mol. The number of benzene rings is 2. The minimum Gasteiger partial charge on any atom is -0.465 e. The number of piperidine rings is 1. The van der Waals surface area contributed by atoms with E-state index in [1.165, 1.54) is 11.0 Å². The van der Waals surface area contributed by atoms with Gasteiger partial charge in [-0.3, -0.25) is 0 Å². The number of hydrogen-bond donors (Lipinski definition) is 2. The standard InChI is InChI=1S/C19H20FNO3.C2H4/c20-17-9-5-4-8-16(17)19(24,14-6-2-1-3-7-14)15-10-12-21(13-11-15)18(22)23;1-2/h1-9,15,24H,10-13H2,(H,22,23);1-2H2. The van der Waals surface area contributed by atoms with Crippen LogP contribution in [-0.2, 0) is 5.60 Å². The molecule has 0 aliphatic carbocycles. The van der Waals surface area contributed by atoms with Gasteiger partial charge in [0.1, 0.15) is 11.4 Å². The first-order chi connectivity index (χ1) is 12.5. The first-order valence-electron chi connectivity index (χ1n) is 8.54. The van der Waals surface area contributed by atoms with E-state index in [2.05, 4.69) is 13.2 Å². The van der Waals surface area contributed by atoms with Crippen LogP contribution in [0.4, 0.5) is 9.18 Å². The van der Waals surface area contributed by atoms with Crippen LogP contribution in [0.15, 0.2) is 67.8 Å². The van der Waals surface area contributed by atoms with Crippen LogP contribution in [0.1, 0.15) is 24.0 Å². The SMILES string of the molecule is C=C.O=C(O)N1CCC(C(O)(c2ccccc2)c2ccccc2F)CC1. The van der Waals surface area contributed by atoms with Gasteiger partial charge in [-0.1, -0.05) is 48.5 Å². The molecule has 5 heteroatoms. The zero-order chi connectivity index (χ0) is 19.2. The zero-order valence-electron chi connectivity index (χ0n) is 14.6. The fourth-order valence-electron chi connectivity index (χ4n) is 3.56. The van der Waals surface area contributed by atoms with Crippen molar-refractivity contribution >= 4 is 6.09 Å². The van der Waals surface area contributed by atoms with Crippen LogP contribution in [0, 0.1) is 11.7 Å². The first-order valence-corrected chi connectivity index (χ1v) is 8.54. The monoisotopic (exact) mass is 357 g/mol. The smallest absolute Gasteiger partial charge is 0.407 e. The maximum absolute atomic E-state index is 14.5. The quantitative estimate of drug-likeness (QED) is 0.807. The normalized spacial score (nSPS) is 16.9. The van der Waals surface area contributed by atoms with E-state index in [0.717, 1.165) is 0 Å². The third-order valence-corrected chi connectivity index (χ3v) is 4.85. The topological polar surface area (TPSA) is 60.8 Å². The Hall–Kier alpha value is -2.66. The second kappa shape index (κ2) is 8.63. The number of hydrogen-bond acceptors (Lipinski definition) is 2. The van der Waals surface area contributed by atoms with Crippen molar-refractivity contribution in [3.8, 4) is 0 Å². The lowest BCUT2D eigenvalue weighted by atomic mass is 9.72.